The fourth-order valence-electron chi connectivity index (χ4n) is 3.25. The van der Waals surface area contributed by atoms with Crippen LogP contribution in [0.2, 0.25) is 0 Å². The van der Waals surface area contributed by atoms with E-state index in [1.165, 1.54) is 25.3 Å². The molecule has 1 aliphatic rings. The lowest BCUT2D eigenvalue weighted by Gasteiger charge is -2.12. The molecule has 1 fully saturated rings. The topological polar surface area (TPSA) is 99.0 Å². The van der Waals surface area contributed by atoms with E-state index >= 15 is 0 Å². The normalized spacial score (nSPS) is 14.6. The molecule has 33 heavy (non-hydrogen) atoms. The number of hydrogen-bond acceptors (Lipinski definition) is 7. The summed E-state index contributed by atoms with van der Waals surface area (Å²) in [5, 5.41) is 11.3. The Morgan fingerprint density at radius 1 is 1.00 bits per heavy atom. The summed E-state index contributed by atoms with van der Waals surface area (Å²) in [5.41, 5.74) is 1.17. The van der Waals surface area contributed by atoms with Gasteiger partial charge in [0.05, 0.1) is 34.3 Å². The fourth-order valence-corrected chi connectivity index (χ4v) is 4.09. The van der Waals surface area contributed by atoms with Gasteiger partial charge in [0.25, 0.3) is 16.8 Å². The van der Waals surface area contributed by atoms with Crippen LogP contribution in [0, 0.1) is 10.1 Å². The lowest BCUT2D eigenvalue weighted by Crippen LogP contribution is -2.27. The molecule has 1 aliphatic heterocycles. The molecule has 8 nitrogen and oxygen atoms in total. The summed E-state index contributed by atoms with van der Waals surface area (Å²) >= 11 is 0.721. The molecule has 9 heteroatoms. The van der Waals surface area contributed by atoms with Crippen LogP contribution in [-0.4, -0.2) is 23.2 Å². The first-order valence-corrected chi connectivity index (χ1v) is 10.7. The zero-order chi connectivity index (χ0) is 23.4. The van der Waals surface area contributed by atoms with Gasteiger partial charge in [0, 0.05) is 0 Å². The lowest BCUT2D eigenvalue weighted by molar-refractivity contribution is -0.385. The molecule has 0 radical (unpaired) electrons. The van der Waals surface area contributed by atoms with E-state index < -0.39 is 16.1 Å². The number of benzene rings is 3. The summed E-state index contributed by atoms with van der Waals surface area (Å²) in [4.78, 5) is 37.6. The minimum Gasteiger partial charge on any atom is -0.493 e. The third-order valence-electron chi connectivity index (χ3n) is 4.84. The van der Waals surface area contributed by atoms with Crippen LogP contribution in [0.5, 0.6) is 11.5 Å². The molecule has 0 aliphatic carbocycles. The molecule has 0 atom stereocenters. The largest absolute Gasteiger partial charge is 0.493 e. The molecular formula is C24H18N2O6S. The number of imide groups is 1. The summed E-state index contributed by atoms with van der Waals surface area (Å²) in [7, 11) is 1.42. The van der Waals surface area contributed by atoms with E-state index in [0.717, 1.165) is 22.2 Å². The number of ether oxygens (including phenoxy) is 2. The smallest absolute Gasteiger partial charge is 0.298 e. The maximum absolute atomic E-state index is 12.9. The van der Waals surface area contributed by atoms with Crippen molar-refractivity contribution in [1.29, 1.82) is 0 Å². The van der Waals surface area contributed by atoms with Gasteiger partial charge in [-0.1, -0.05) is 48.5 Å². The maximum Gasteiger partial charge on any atom is 0.298 e. The van der Waals surface area contributed by atoms with E-state index in [1.807, 2.05) is 30.3 Å². The minimum atomic E-state index is -0.567. The summed E-state index contributed by atoms with van der Waals surface area (Å²) in [6, 6.07) is 20.5. The van der Waals surface area contributed by atoms with Gasteiger partial charge in [-0.05, 0) is 41.6 Å². The number of methoxy groups -OCH3 is 1. The van der Waals surface area contributed by atoms with Gasteiger partial charge in [0.1, 0.15) is 6.61 Å². The summed E-state index contributed by atoms with van der Waals surface area (Å²) in [6.45, 7) is 0.198. The van der Waals surface area contributed by atoms with E-state index in [2.05, 4.69) is 0 Å². The Balaban J connectivity index is 1.67. The van der Waals surface area contributed by atoms with Crippen molar-refractivity contribution < 1.29 is 24.0 Å². The number of amides is 2. The predicted octanol–water partition coefficient (Wildman–Crippen LogP) is 5.42. The second-order valence-corrected chi connectivity index (χ2v) is 7.94. The number of rotatable bonds is 7. The second kappa shape index (κ2) is 9.58. The van der Waals surface area contributed by atoms with Crippen molar-refractivity contribution in [3.8, 4) is 11.5 Å². The molecule has 1 heterocycles. The van der Waals surface area contributed by atoms with Crippen molar-refractivity contribution in [2.24, 2.45) is 0 Å². The standard InChI is InChI=1S/C24H18N2O6S/c1-31-20-12-17(13-22-23(27)25(24(28)33-22)18-10-6-3-7-11-18)19(26(29)30)14-21(20)32-15-16-8-4-2-5-9-16/h2-14H,15H2,1H3/b22-13-. The average Bonchev–Trinajstić information content (AvgIpc) is 3.11. The lowest BCUT2D eigenvalue weighted by atomic mass is 10.1. The van der Waals surface area contributed by atoms with Gasteiger partial charge >= 0.3 is 0 Å². The minimum absolute atomic E-state index is 0.0759. The van der Waals surface area contributed by atoms with Crippen LogP contribution in [-0.2, 0) is 11.4 Å². The first-order chi connectivity index (χ1) is 16.0. The monoisotopic (exact) mass is 462 g/mol. The Morgan fingerprint density at radius 2 is 1.67 bits per heavy atom. The van der Waals surface area contributed by atoms with Gasteiger partial charge in [0.15, 0.2) is 11.5 Å². The number of thioether (sulfide) groups is 1. The van der Waals surface area contributed by atoms with Gasteiger partial charge in [-0.25, -0.2) is 4.90 Å². The van der Waals surface area contributed by atoms with Crippen molar-refractivity contribution in [3.05, 3.63) is 98.9 Å². The quantitative estimate of drug-likeness (QED) is 0.262. The molecule has 3 aromatic rings. The third kappa shape index (κ3) is 4.73. The van der Waals surface area contributed by atoms with Crippen molar-refractivity contribution in [2.45, 2.75) is 6.61 Å². The Bertz CT molecular complexity index is 1240. The molecule has 0 spiro atoms. The molecule has 0 saturated carbocycles. The van der Waals surface area contributed by atoms with Crippen LogP contribution in [0.3, 0.4) is 0 Å². The Labute approximate surface area is 193 Å². The van der Waals surface area contributed by atoms with Crippen molar-refractivity contribution in [2.75, 3.05) is 12.0 Å². The number of nitro benzene ring substituents is 1. The molecule has 3 aromatic carbocycles. The van der Waals surface area contributed by atoms with Crippen LogP contribution in [0.4, 0.5) is 16.2 Å². The van der Waals surface area contributed by atoms with Gasteiger partial charge in [-0.3, -0.25) is 19.7 Å². The van der Waals surface area contributed by atoms with Crippen molar-refractivity contribution >= 4 is 40.4 Å². The summed E-state index contributed by atoms with van der Waals surface area (Å²) < 4.78 is 11.1. The highest BCUT2D eigenvalue weighted by Gasteiger charge is 2.36. The number of anilines is 1. The first-order valence-electron chi connectivity index (χ1n) is 9.84. The molecule has 0 bridgehead atoms. The fraction of sp³-hybridized carbons (Fsp3) is 0.0833. The highest BCUT2D eigenvalue weighted by molar-refractivity contribution is 8.19. The van der Waals surface area contributed by atoms with Crippen molar-refractivity contribution in [3.63, 3.8) is 0 Å². The average molecular weight is 462 g/mol. The third-order valence-corrected chi connectivity index (χ3v) is 5.71. The Kier molecular flexibility index (Phi) is 6.41. The Morgan fingerprint density at radius 3 is 2.30 bits per heavy atom. The van der Waals surface area contributed by atoms with Gasteiger partial charge in [0.2, 0.25) is 0 Å². The van der Waals surface area contributed by atoms with Crippen LogP contribution in [0.1, 0.15) is 11.1 Å². The van der Waals surface area contributed by atoms with E-state index in [9.17, 15) is 19.7 Å². The number of nitro groups is 1. The Hall–Kier alpha value is -4.11. The molecule has 2 amide bonds. The van der Waals surface area contributed by atoms with E-state index in [-0.39, 0.29) is 34.3 Å². The number of nitrogens with zero attached hydrogens (tertiary/aromatic N) is 2. The highest BCUT2D eigenvalue weighted by atomic mass is 32.2. The number of hydrogen-bond donors (Lipinski definition) is 0. The van der Waals surface area contributed by atoms with Crippen LogP contribution in [0.15, 0.2) is 77.7 Å². The summed E-state index contributed by atoms with van der Waals surface area (Å²) in [5.74, 6) is -0.0819. The van der Waals surface area contributed by atoms with Gasteiger partial charge < -0.3 is 9.47 Å². The molecule has 1 saturated heterocycles. The zero-order valence-corrected chi connectivity index (χ0v) is 18.3. The summed E-state index contributed by atoms with van der Waals surface area (Å²) in [6.07, 6.45) is 1.33. The molecule has 0 N–H and O–H groups in total. The van der Waals surface area contributed by atoms with Crippen LogP contribution >= 0.6 is 11.8 Å². The molecule has 4 rings (SSSR count). The maximum atomic E-state index is 12.9. The second-order valence-electron chi connectivity index (χ2n) is 6.95. The van der Waals surface area contributed by atoms with Crippen LogP contribution in [0.25, 0.3) is 6.08 Å². The number of para-hydroxylation sites is 1. The molecule has 166 valence electrons. The van der Waals surface area contributed by atoms with Crippen molar-refractivity contribution in [1.82, 2.24) is 0 Å². The van der Waals surface area contributed by atoms with E-state index in [4.69, 9.17) is 9.47 Å². The van der Waals surface area contributed by atoms with Gasteiger partial charge in [-0.15, -0.1) is 0 Å². The SMILES string of the molecule is COc1cc(/C=C2\SC(=O)N(c3ccccc3)C2=O)c([N+](=O)[O-])cc1OCc1ccccc1. The van der Waals surface area contributed by atoms with E-state index in [0.29, 0.717) is 5.69 Å². The molecule has 0 unspecified atom stereocenters. The number of carbonyl (C=O) groups excluding carboxylic acids is 2. The number of carbonyl (C=O) groups is 2. The predicted molar refractivity (Wildman–Crippen MR) is 125 cm³/mol. The van der Waals surface area contributed by atoms with Crippen LogP contribution < -0.4 is 14.4 Å². The molecule has 0 aromatic heterocycles. The van der Waals surface area contributed by atoms with E-state index in [1.54, 1.807) is 30.3 Å². The zero-order valence-electron chi connectivity index (χ0n) is 17.5. The highest BCUT2D eigenvalue weighted by Crippen LogP contribution is 2.40. The van der Waals surface area contributed by atoms with Gasteiger partial charge in [-0.2, -0.15) is 0 Å². The molecular weight excluding hydrogens is 444 g/mol. The first kappa shape index (κ1) is 22.1.